The molecule has 1 aromatic carbocycles. The first-order valence-electron chi connectivity index (χ1n) is 6.34. The van der Waals surface area contributed by atoms with E-state index in [1.807, 2.05) is 25.1 Å². The van der Waals surface area contributed by atoms with E-state index < -0.39 is 0 Å². The number of pyridine rings is 1. The summed E-state index contributed by atoms with van der Waals surface area (Å²) in [5.74, 6) is 0.336. The maximum absolute atomic E-state index is 9.49. The van der Waals surface area contributed by atoms with Crippen molar-refractivity contribution in [2.45, 2.75) is 25.8 Å². The smallest absolute Gasteiger partial charge is 0.132 e. The standard InChI is InChI=1S/C15H15ClN2O/c1-9-6-11(8-17-15(9)16)18-14-5-2-10-7-12(19)3-4-13(10)14/h3-4,6-8,14,18-19H,2,5H2,1H3. The Balaban J connectivity index is 1.84. The number of phenolic OH excluding ortho intramolecular Hbond substituents is 1. The number of aromatic hydroxyl groups is 1. The van der Waals surface area contributed by atoms with Crippen LogP contribution in [0.15, 0.2) is 30.5 Å². The molecule has 0 saturated carbocycles. The van der Waals surface area contributed by atoms with Gasteiger partial charge in [0.2, 0.25) is 0 Å². The minimum absolute atomic E-state index is 0.276. The molecule has 1 atom stereocenters. The summed E-state index contributed by atoms with van der Waals surface area (Å²) in [6.45, 7) is 1.95. The van der Waals surface area contributed by atoms with Crippen LogP contribution in [0.1, 0.15) is 29.2 Å². The third kappa shape index (κ3) is 2.38. The van der Waals surface area contributed by atoms with Crippen LogP contribution in [0.4, 0.5) is 5.69 Å². The van der Waals surface area contributed by atoms with Gasteiger partial charge in [0.25, 0.3) is 0 Å². The molecule has 1 aliphatic carbocycles. The van der Waals surface area contributed by atoms with Gasteiger partial charge in [0.15, 0.2) is 0 Å². The Morgan fingerprint density at radius 3 is 3.00 bits per heavy atom. The average molecular weight is 275 g/mol. The van der Waals surface area contributed by atoms with Crippen molar-refractivity contribution in [3.05, 3.63) is 52.3 Å². The van der Waals surface area contributed by atoms with Gasteiger partial charge in [0.1, 0.15) is 10.9 Å². The number of fused-ring (bicyclic) bond motifs is 1. The lowest BCUT2D eigenvalue weighted by molar-refractivity contribution is 0.474. The molecule has 1 unspecified atom stereocenters. The molecule has 1 aliphatic rings. The predicted octanol–water partition coefficient (Wildman–Crippen LogP) is 3.85. The molecule has 0 radical (unpaired) electrons. The normalized spacial score (nSPS) is 17.3. The van der Waals surface area contributed by atoms with Crippen molar-refractivity contribution in [3.8, 4) is 5.75 Å². The summed E-state index contributed by atoms with van der Waals surface area (Å²) in [4.78, 5) is 4.15. The highest BCUT2D eigenvalue weighted by Crippen LogP contribution is 2.35. The van der Waals surface area contributed by atoms with Crippen LogP contribution in [0.25, 0.3) is 0 Å². The maximum atomic E-state index is 9.49. The summed E-state index contributed by atoms with van der Waals surface area (Å²) < 4.78 is 0. The summed E-state index contributed by atoms with van der Waals surface area (Å²) in [5.41, 5.74) is 4.42. The van der Waals surface area contributed by atoms with Crippen molar-refractivity contribution in [2.24, 2.45) is 0 Å². The van der Waals surface area contributed by atoms with Gasteiger partial charge in [-0.25, -0.2) is 4.98 Å². The van der Waals surface area contributed by atoms with E-state index in [0.29, 0.717) is 10.9 Å². The number of nitrogens with zero attached hydrogens (tertiary/aromatic N) is 1. The van der Waals surface area contributed by atoms with Gasteiger partial charge in [0, 0.05) is 0 Å². The van der Waals surface area contributed by atoms with E-state index in [0.717, 1.165) is 24.1 Å². The van der Waals surface area contributed by atoms with Crippen molar-refractivity contribution in [2.75, 3.05) is 5.32 Å². The third-order valence-corrected chi connectivity index (χ3v) is 3.96. The highest BCUT2D eigenvalue weighted by atomic mass is 35.5. The number of halogens is 1. The van der Waals surface area contributed by atoms with Crippen molar-refractivity contribution in [1.29, 1.82) is 0 Å². The molecular weight excluding hydrogens is 260 g/mol. The highest BCUT2D eigenvalue weighted by Gasteiger charge is 2.22. The van der Waals surface area contributed by atoms with Crippen molar-refractivity contribution in [3.63, 3.8) is 0 Å². The molecule has 3 rings (SSSR count). The number of aryl methyl sites for hydroxylation is 2. The zero-order valence-corrected chi connectivity index (χ0v) is 11.4. The summed E-state index contributed by atoms with van der Waals surface area (Å²) >= 11 is 5.93. The van der Waals surface area contributed by atoms with Gasteiger partial charge < -0.3 is 10.4 Å². The van der Waals surface area contributed by atoms with Crippen LogP contribution in [0.3, 0.4) is 0 Å². The molecule has 1 aromatic heterocycles. The Bertz CT molecular complexity index is 628. The lowest BCUT2D eigenvalue weighted by atomic mass is 10.1. The van der Waals surface area contributed by atoms with Crippen molar-refractivity contribution in [1.82, 2.24) is 4.98 Å². The molecule has 1 heterocycles. The second-order valence-corrected chi connectivity index (χ2v) is 5.31. The minimum atomic E-state index is 0.276. The predicted molar refractivity (Wildman–Crippen MR) is 76.8 cm³/mol. The molecule has 0 amide bonds. The molecule has 19 heavy (non-hydrogen) atoms. The van der Waals surface area contributed by atoms with E-state index in [1.54, 1.807) is 12.3 Å². The fourth-order valence-electron chi connectivity index (χ4n) is 2.59. The first-order chi connectivity index (χ1) is 9.13. The second kappa shape index (κ2) is 4.74. The van der Waals surface area contributed by atoms with Crippen LogP contribution in [0.2, 0.25) is 5.15 Å². The first kappa shape index (κ1) is 12.3. The Labute approximate surface area is 117 Å². The Kier molecular flexibility index (Phi) is 3.07. The minimum Gasteiger partial charge on any atom is -0.508 e. The molecule has 0 saturated heterocycles. The van der Waals surface area contributed by atoms with E-state index in [1.165, 1.54) is 11.1 Å². The molecule has 3 nitrogen and oxygen atoms in total. The summed E-state index contributed by atoms with van der Waals surface area (Å²) in [6, 6.07) is 7.87. The molecule has 0 bridgehead atoms. The van der Waals surface area contributed by atoms with Gasteiger partial charge in [0.05, 0.1) is 17.9 Å². The second-order valence-electron chi connectivity index (χ2n) is 4.95. The number of hydrogen-bond acceptors (Lipinski definition) is 3. The number of nitrogens with one attached hydrogen (secondary N) is 1. The lowest BCUT2D eigenvalue weighted by Gasteiger charge is -2.16. The van der Waals surface area contributed by atoms with E-state index in [2.05, 4.69) is 10.3 Å². The van der Waals surface area contributed by atoms with Gasteiger partial charge in [-0.05, 0) is 54.7 Å². The summed E-state index contributed by atoms with van der Waals surface area (Å²) in [5, 5.41) is 13.5. The highest BCUT2D eigenvalue weighted by molar-refractivity contribution is 6.30. The number of rotatable bonds is 2. The van der Waals surface area contributed by atoms with Crippen LogP contribution >= 0.6 is 11.6 Å². The molecule has 98 valence electrons. The molecule has 2 aromatic rings. The Hall–Kier alpha value is -1.74. The Morgan fingerprint density at radius 1 is 1.37 bits per heavy atom. The molecule has 0 aliphatic heterocycles. The number of benzene rings is 1. The van der Waals surface area contributed by atoms with Gasteiger partial charge >= 0.3 is 0 Å². The van der Waals surface area contributed by atoms with E-state index in [-0.39, 0.29) is 6.04 Å². The molecule has 0 spiro atoms. The monoisotopic (exact) mass is 274 g/mol. The zero-order chi connectivity index (χ0) is 13.4. The van der Waals surface area contributed by atoms with Crippen LogP contribution in [0.5, 0.6) is 5.75 Å². The van der Waals surface area contributed by atoms with Crippen LogP contribution in [-0.4, -0.2) is 10.1 Å². The summed E-state index contributed by atoms with van der Waals surface area (Å²) in [7, 11) is 0. The largest absolute Gasteiger partial charge is 0.508 e. The van der Waals surface area contributed by atoms with E-state index in [4.69, 9.17) is 11.6 Å². The fourth-order valence-corrected chi connectivity index (χ4v) is 2.70. The maximum Gasteiger partial charge on any atom is 0.132 e. The topological polar surface area (TPSA) is 45.1 Å². The number of hydrogen-bond donors (Lipinski definition) is 2. The van der Waals surface area contributed by atoms with Crippen molar-refractivity contribution < 1.29 is 5.11 Å². The van der Waals surface area contributed by atoms with Crippen LogP contribution < -0.4 is 5.32 Å². The number of aromatic nitrogens is 1. The molecule has 0 fully saturated rings. The van der Waals surface area contributed by atoms with E-state index in [9.17, 15) is 5.11 Å². The van der Waals surface area contributed by atoms with E-state index >= 15 is 0 Å². The Morgan fingerprint density at radius 2 is 2.21 bits per heavy atom. The van der Waals surface area contributed by atoms with Crippen LogP contribution in [-0.2, 0) is 6.42 Å². The van der Waals surface area contributed by atoms with Gasteiger partial charge in [-0.15, -0.1) is 0 Å². The average Bonchev–Trinajstić information content (AvgIpc) is 2.76. The van der Waals surface area contributed by atoms with Crippen LogP contribution in [0, 0.1) is 6.92 Å². The zero-order valence-electron chi connectivity index (χ0n) is 10.7. The van der Waals surface area contributed by atoms with Gasteiger partial charge in [-0.2, -0.15) is 0 Å². The van der Waals surface area contributed by atoms with Gasteiger partial charge in [-0.1, -0.05) is 17.7 Å². The fraction of sp³-hybridized carbons (Fsp3) is 0.267. The SMILES string of the molecule is Cc1cc(NC2CCc3cc(O)ccc32)cnc1Cl. The number of phenols is 1. The third-order valence-electron chi connectivity index (χ3n) is 3.56. The number of anilines is 1. The van der Waals surface area contributed by atoms with Crippen molar-refractivity contribution >= 4 is 17.3 Å². The lowest BCUT2D eigenvalue weighted by Crippen LogP contribution is -2.07. The molecule has 4 heteroatoms. The summed E-state index contributed by atoms with van der Waals surface area (Å²) in [6.07, 6.45) is 3.77. The van der Waals surface area contributed by atoms with Gasteiger partial charge in [-0.3, -0.25) is 0 Å². The quantitative estimate of drug-likeness (QED) is 0.818. The molecule has 2 N–H and O–H groups in total. The molecular formula is C15H15ClN2O. The first-order valence-corrected chi connectivity index (χ1v) is 6.72.